The van der Waals surface area contributed by atoms with Crippen molar-refractivity contribution in [2.45, 2.75) is 6.92 Å². The Hall–Kier alpha value is -2.19. The molecule has 0 aromatic heterocycles. The molecule has 1 N–H and O–H groups in total. The first-order chi connectivity index (χ1) is 9.51. The zero-order chi connectivity index (χ0) is 14.7. The first kappa shape index (κ1) is 14.2. The van der Waals surface area contributed by atoms with E-state index in [1.165, 1.54) is 12.1 Å². The van der Waals surface area contributed by atoms with Gasteiger partial charge in [0.05, 0.1) is 22.9 Å². The third-order valence-corrected chi connectivity index (χ3v) is 3.37. The maximum Gasteiger partial charge on any atom is 0.258 e. The van der Waals surface area contributed by atoms with Crippen LogP contribution < -0.4 is 5.32 Å². The highest BCUT2D eigenvalue weighted by Gasteiger charge is 2.13. The number of benzene rings is 2. The van der Waals surface area contributed by atoms with Crippen LogP contribution in [0.5, 0.6) is 0 Å². The lowest BCUT2D eigenvalue weighted by Gasteiger charge is -2.08. The number of nitrogens with one attached hydrogen (secondary N) is 1. The molecule has 0 aliphatic carbocycles. The van der Waals surface area contributed by atoms with E-state index in [1.54, 1.807) is 31.2 Å². The Morgan fingerprint density at radius 3 is 2.65 bits per heavy atom. The van der Waals surface area contributed by atoms with Gasteiger partial charge >= 0.3 is 0 Å². The second-order valence-corrected chi connectivity index (χ2v) is 5.10. The van der Waals surface area contributed by atoms with Crippen molar-refractivity contribution in [3.8, 4) is 6.07 Å². The maximum atomic E-state index is 13.7. The molecular formula is C15H10BrFN2O. The molecule has 0 saturated carbocycles. The normalized spacial score (nSPS) is 9.90. The van der Waals surface area contributed by atoms with Gasteiger partial charge in [0.2, 0.25) is 0 Å². The summed E-state index contributed by atoms with van der Waals surface area (Å²) in [6.45, 7) is 1.75. The summed E-state index contributed by atoms with van der Waals surface area (Å²) in [5.41, 5.74) is 1.68. The fourth-order valence-electron chi connectivity index (χ4n) is 1.68. The van der Waals surface area contributed by atoms with E-state index in [4.69, 9.17) is 5.26 Å². The van der Waals surface area contributed by atoms with Crippen LogP contribution in [0.1, 0.15) is 21.5 Å². The largest absolute Gasteiger partial charge is 0.321 e. The second kappa shape index (κ2) is 5.85. The predicted octanol–water partition coefficient (Wildman–Crippen LogP) is 4.02. The van der Waals surface area contributed by atoms with E-state index in [0.29, 0.717) is 15.7 Å². The van der Waals surface area contributed by atoms with E-state index >= 15 is 0 Å². The fourth-order valence-corrected chi connectivity index (χ4v) is 2.16. The Kier molecular flexibility index (Phi) is 4.16. The van der Waals surface area contributed by atoms with Gasteiger partial charge in [-0.15, -0.1) is 0 Å². The maximum absolute atomic E-state index is 13.7. The topological polar surface area (TPSA) is 52.9 Å². The molecule has 2 rings (SSSR count). The van der Waals surface area contributed by atoms with E-state index in [1.807, 2.05) is 6.07 Å². The average Bonchev–Trinajstić information content (AvgIpc) is 2.40. The summed E-state index contributed by atoms with van der Waals surface area (Å²) in [6.07, 6.45) is 0. The number of amides is 1. The number of nitrogens with zero attached hydrogens (tertiary/aromatic N) is 1. The van der Waals surface area contributed by atoms with Gasteiger partial charge in [-0.1, -0.05) is 6.07 Å². The predicted molar refractivity (Wildman–Crippen MR) is 77.9 cm³/mol. The highest BCUT2D eigenvalue weighted by molar-refractivity contribution is 9.10. The Bertz CT molecular complexity index is 722. The van der Waals surface area contributed by atoms with Gasteiger partial charge in [0, 0.05) is 4.47 Å². The Labute approximate surface area is 124 Å². The van der Waals surface area contributed by atoms with Crippen LogP contribution in [0.4, 0.5) is 10.1 Å². The van der Waals surface area contributed by atoms with Crippen molar-refractivity contribution in [2.75, 3.05) is 5.32 Å². The van der Waals surface area contributed by atoms with Crippen LogP contribution in [0.3, 0.4) is 0 Å². The van der Waals surface area contributed by atoms with Gasteiger partial charge in [-0.2, -0.15) is 5.26 Å². The van der Waals surface area contributed by atoms with E-state index in [-0.39, 0.29) is 5.56 Å². The molecule has 0 aliphatic heterocycles. The zero-order valence-corrected chi connectivity index (χ0v) is 12.2. The molecule has 3 nitrogen and oxygen atoms in total. The van der Waals surface area contributed by atoms with Crippen molar-refractivity contribution in [2.24, 2.45) is 0 Å². The minimum absolute atomic E-state index is 0.0214. The van der Waals surface area contributed by atoms with Gasteiger partial charge in [0.15, 0.2) is 0 Å². The van der Waals surface area contributed by atoms with Crippen molar-refractivity contribution in [1.82, 2.24) is 0 Å². The molecule has 0 radical (unpaired) electrons. The molecule has 0 atom stereocenters. The lowest BCUT2D eigenvalue weighted by Crippen LogP contribution is -2.14. The van der Waals surface area contributed by atoms with Crippen molar-refractivity contribution in [3.05, 3.63) is 63.4 Å². The summed E-state index contributed by atoms with van der Waals surface area (Å²) in [7, 11) is 0. The number of nitriles is 1. The van der Waals surface area contributed by atoms with Crippen molar-refractivity contribution >= 4 is 27.5 Å². The third-order valence-electron chi connectivity index (χ3n) is 2.72. The summed E-state index contributed by atoms with van der Waals surface area (Å²) < 4.78 is 14.3. The van der Waals surface area contributed by atoms with Gasteiger partial charge in [-0.05, 0) is 58.7 Å². The van der Waals surface area contributed by atoms with Gasteiger partial charge in [0.1, 0.15) is 5.82 Å². The molecule has 1 amide bonds. The monoisotopic (exact) mass is 332 g/mol. The molecule has 0 fully saturated rings. The van der Waals surface area contributed by atoms with E-state index in [0.717, 1.165) is 5.56 Å². The number of anilines is 1. The molecule has 0 bridgehead atoms. The summed E-state index contributed by atoms with van der Waals surface area (Å²) in [5.74, 6) is -1.10. The quantitative estimate of drug-likeness (QED) is 0.902. The molecule has 0 spiro atoms. The van der Waals surface area contributed by atoms with E-state index < -0.39 is 11.7 Å². The molecule has 2 aromatic carbocycles. The van der Waals surface area contributed by atoms with Gasteiger partial charge in [0.25, 0.3) is 5.91 Å². The standard InChI is InChI=1S/C15H10BrFN2O/c1-9-2-4-11(13(17)6-9)15(20)19-14-5-3-10(8-18)7-12(14)16/h2-7H,1H3,(H,19,20). The Balaban J connectivity index is 2.26. The summed E-state index contributed by atoms with van der Waals surface area (Å²) >= 11 is 3.26. The smallest absolute Gasteiger partial charge is 0.258 e. The molecule has 20 heavy (non-hydrogen) atoms. The molecule has 2 aromatic rings. The van der Waals surface area contributed by atoms with Gasteiger partial charge in [-0.25, -0.2) is 4.39 Å². The van der Waals surface area contributed by atoms with Crippen LogP contribution in [0.25, 0.3) is 0 Å². The number of carbonyl (C=O) groups excluding carboxylic acids is 1. The van der Waals surface area contributed by atoms with E-state index in [9.17, 15) is 9.18 Å². The van der Waals surface area contributed by atoms with E-state index in [2.05, 4.69) is 21.2 Å². The van der Waals surface area contributed by atoms with Crippen LogP contribution in [-0.4, -0.2) is 5.91 Å². The summed E-state index contributed by atoms with van der Waals surface area (Å²) in [6, 6.07) is 11.2. The molecular weight excluding hydrogens is 323 g/mol. The number of carbonyl (C=O) groups is 1. The number of rotatable bonds is 2. The highest BCUT2D eigenvalue weighted by Crippen LogP contribution is 2.24. The molecule has 5 heteroatoms. The highest BCUT2D eigenvalue weighted by atomic mass is 79.9. The first-order valence-corrected chi connectivity index (χ1v) is 6.57. The zero-order valence-electron chi connectivity index (χ0n) is 10.6. The number of hydrogen-bond acceptors (Lipinski definition) is 2. The van der Waals surface area contributed by atoms with Crippen molar-refractivity contribution < 1.29 is 9.18 Å². The number of halogens is 2. The number of hydrogen-bond donors (Lipinski definition) is 1. The molecule has 0 aliphatic rings. The van der Waals surface area contributed by atoms with Crippen LogP contribution in [0.2, 0.25) is 0 Å². The molecule has 0 heterocycles. The Morgan fingerprint density at radius 2 is 2.05 bits per heavy atom. The molecule has 0 saturated heterocycles. The van der Waals surface area contributed by atoms with Crippen LogP contribution >= 0.6 is 15.9 Å². The summed E-state index contributed by atoms with van der Waals surface area (Å²) in [5, 5.41) is 11.4. The van der Waals surface area contributed by atoms with Gasteiger partial charge < -0.3 is 5.32 Å². The second-order valence-electron chi connectivity index (χ2n) is 4.24. The molecule has 0 unspecified atom stereocenters. The SMILES string of the molecule is Cc1ccc(C(=O)Nc2ccc(C#N)cc2Br)c(F)c1. The lowest BCUT2D eigenvalue weighted by atomic mass is 10.1. The lowest BCUT2D eigenvalue weighted by molar-refractivity contribution is 0.102. The average molecular weight is 333 g/mol. The minimum atomic E-state index is -0.563. The van der Waals surface area contributed by atoms with Crippen molar-refractivity contribution in [3.63, 3.8) is 0 Å². The molecule has 100 valence electrons. The number of aryl methyl sites for hydroxylation is 1. The summed E-state index contributed by atoms with van der Waals surface area (Å²) in [4.78, 5) is 12.0. The minimum Gasteiger partial charge on any atom is -0.321 e. The van der Waals surface area contributed by atoms with Crippen LogP contribution in [-0.2, 0) is 0 Å². The Morgan fingerprint density at radius 1 is 1.30 bits per heavy atom. The van der Waals surface area contributed by atoms with Gasteiger partial charge in [-0.3, -0.25) is 4.79 Å². The third kappa shape index (κ3) is 3.03. The fraction of sp³-hybridized carbons (Fsp3) is 0.0667. The van der Waals surface area contributed by atoms with Crippen LogP contribution in [0.15, 0.2) is 40.9 Å². The van der Waals surface area contributed by atoms with Crippen LogP contribution in [0, 0.1) is 24.1 Å². The first-order valence-electron chi connectivity index (χ1n) is 5.78. The van der Waals surface area contributed by atoms with Crippen molar-refractivity contribution in [1.29, 1.82) is 5.26 Å².